The number of pyridine rings is 3. The average Bonchev–Trinajstić information content (AvgIpc) is 3.01. The molecule has 1 N–H and O–H groups in total. The second kappa shape index (κ2) is 10.7. The Morgan fingerprint density at radius 2 is 1.93 bits per heavy atom. The monoisotopic (exact) mass is 612 g/mol. The Kier molecular flexibility index (Phi) is 7.46. The van der Waals surface area contributed by atoms with Gasteiger partial charge in [0, 0.05) is 41.2 Å². The number of sulfone groups is 1. The number of nitrogens with one attached hydrogen (secondary N) is 1. The summed E-state index contributed by atoms with van der Waals surface area (Å²) >= 11 is 11.0. The van der Waals surface area contributed by atoms with Gasteiger partial charge in [0.15, 0.2) is 5.75 Å². The van der Waals surface area contributed by atoms with E-state index in [1.165, 1.54) is 24.4 Å². The first-order valence-electron chi connectivity index (χ1n) is 11.5. The van der Waals surface area contributed by atoms with Crippen LogP contribution >= 0.6 is 23.2 Å². The summed E-state index contributed by atoms with van der Waals surface area (Å²) in [5, 5.41) is 3.13. The predicted octanol–water partition coefficient (Wildman–Crippen LogP) is 5.29. The maximum absolute atomic E-state index is 14.2. The minimum Gasteiger partial charge on any atom is -0.490 e. The van der Waals surface area contributed by atoms with E-state index in [9.17, 15) is 26.4 Å². The summed E-state index contributed by atoms with van der Waals surface area (Å²) in [6, 6.07) is 11.4. The number of hydrogen-bond donors (Lipinski definition) is 1. The zero-order valence-electron chi connectivity index (χ0n) is 20.1. The van der Waals surface area contributed by atoms with Crippen LogP contribution in [0.4, 0.5) is 13.2 Å². The highest BCUT2D eigenvalue weighted by atomic mass is 35.5. The van der Waals surface area contributed by atoms with E-state index in [1.54, 1.807) is 24.3 Å². The molecule has 1 aliphatic rings. The fraction of sp³-hybridized carbons (Fsp3) is 0.200. The molecule has 9 nitrogen and oxygen atoms in total. The standard InChI is InChI=1S/C25H17Cl2F3N4O5S/c26-16-8-14(9-20-23(16)38-7-6-21(28)40(20,36)37)24(35)32-12-15-10-19-13(11-31-15)4-5-18(33-19)17-2-1-3-22(34-17)39-25(27,29)30/h1-5,8-11,21H,6-7,12H2,(H,32,35)/t21-/m1/s1. The first kappa shape index (κ1) is 27.9. The number of carbonyl (C=O) groups excluding carboxylic acids is 1. The van der Waals surface area contributed by atoms with Crippen LogP contribution in [0.5, 0.6) is 11.6 Å². The number of rotatable bonds is 6. The average molecular weight is 613 g/mol. The number of nitrogens with zero attached hydrogens (tertiary/aromatic N) is 3. The Morgan fingerprint density at radius 1 is 1.15 bits per heavy atom. The highest BCUT2D eigenvalue weighted by Gasteiger charge is 2.35. The third-order valence-corrected chi connectivity index (χ3v) is 7.96. The van der Waals surface area contributed by atoms with Gasteiger partial charge in [-0.3, -0.25) is 9.78 Å². The minimum atomic E-state index is -4.40. The summed E-state index contributed by atoms with van der Waals surface area (Å²) in [6.45, 7) is -0.253. The van der Waals surface area contributed by atoms with Gasteiger partial charge in [-0.25, -0.2) is 22.8 Å². The van der Waals surface area contributed by atoms with Crippen LogP contribution in [0.1, 0.15) is 22.5 Å². The van der Waals surface area contributed by atoms with E-state index in [1.807, 2.05) is 0 Å². The lowest BCUT2D eigenvalue weighted by atomic mass is 10.1. The van der Waals surface area contributed by atoms with Crippen molar-refractivity contribution in [3.8, 4) is 23.0 Å². The molecule has 40 heavy (non-hydrogen) atoms. The third-order valence-electron chi connectivity index (χ3n) is 5.77. The molecule has 0 bridgehead atoms. The van der Waals surface area contributed by atoms with Gasteiger partial charge in [0.25, 0.3) is 5.91 Å². The molecule has 0 spiro atoms. The van der Waals surface area contributed by atoms with Gasteiger partial charge in [0.2, 0.25) is 21.2 Å². The van der Waals surface area contributed by atoms with Crippen LogP contribution in [0.2, 0.25) is 5.02 Å². The van der Waals surface area contributed by atoms with Gasteiger partial charge in [-0.05, 0) is 36.4 Å². The molecule has 1 atom stereocenters. The van der Waals surface area contributed by atoms with E-state index in [2.05, 4.69) is 25.0 Å². The highest BCUT2D eigenvalue weighted by Crippen LogP contribution is 2.38. The molecule has 0 aliphatic carbocycles. The van der Waals surface area contributed by atoms with Gasteiger partial charge >= 0.3 is 5.57 Å². The third kappa shape index (κ3) is 5.91. The van der Waals surface area contributed by atoms with Crippen LogP contribution in [0.25, 0.3) is 22.3 Å². The molecule has 5 rings (SSSR count). The van der Waals surface area contributed by atoms with Crippen molar-refractivity contribution < 1.29 is 35.9 Å². The Labute approximate surface area is 235 Å². The van der Waals surface area contributed by atoms with Crippen LogP contribution in [-0.4, -0.2) is 47.0 Å². The quantitative estimate of drug-likeness (QED) is 0.291. The number of benzene rings is 1. The SMILES string of the molecule is O=C(NCc1cc2nc(-c3cccc(OC(F)(F)Cl)n3)ccc2cn1)c1cc(Cl)c2c(c1)S(=O)(=O)[C@@H](F)CCO2. The van der Waals surface area contributed by atoms with Gasteiger partial charge in [-0.1, -0.05) is 17.7 Å². The number of hydrogen-bond acceptors (Lipinski definition) is 8. The second-order valence-electron chi connectivity index (χ2n) is 8.53. The zero-order valence-corrected chi connectivity index (χ0v) is 22.4. The van der Waals surface area contributed by atoms with E-state index in [0.29, 0.717) is 22.3 Å². The number of amides is 1. The first-order valence-corrected chi connectivity index (χ1v) is 13.8. The summed E-state index contributed by atoms with van der Waals surface area (Å²) in [6.07, 6.45) is 1.16. The van der Waals surface area contributed by atoms with Gasteiger partial charge in [-0.2, -0.15) is 0 Å². The Hall–Kier alpha value is -3.68. The molecule has 0 fully saturated rings. The van der Waals surface area contributed by atoms with E-state index in [4.69, 9.17) is 27.9 Å². The maximum Gasteiger partial charge on any atom is 0.488 e. The molecule has 1 aromatic carbocycles. The zero-order chi connectivity index (χ0) is 28.7. The van der Waals surface area contributed by atoms with E-state index in [-0.39, 0.29) is 41.6 Å². The summed E-state index contributed by atoms with van der Waals surface area (Å²) in [5.41, 5.74) is -4.74. The number of carbonyl (C=O) groups is 1. The van der Waals surface area contributed by atoms with Gasteiger partial charge < -0.3 is 14.8 Å². The van der Waals surface area contributed by atoms with Crippen molar-refractivity contribution in [2.45, 2.75) is 28.9 Å². The molecule has 0 unspecified atom stereocenters. The molecular weight excluding hydrogens is 596 g/mol. The lowest BCUT2D eigenvalue weighted by Gasteiger charge is -2.12. The molecular formula is C25H17Cl2F3N4O5S. The maximum atomic E-state index is 14.2. The van der Waals surface area contributed by atoms with Crippen molar-refractivity contribution in [2.24, 2.45) is 0 Å². The number of ether oxygens (including phenoxy) is 2. The van der Waals surface area contributed by atoms with Crippen LogP contribution in [0.3, 0.4) is 0 Å². The summed E-state index contributed by atoms with van der Waals surface area (Å²) in [5.74, 6) is -1.27. The summed E-state index contributed by atoms with van der Waals surface area (Å²) < 4.78 is 74.9. The highest BCUT2D eigenvalue weighted by molar-refractivity contribution is 7.92. The topological polar surface area (TPSA) is 120 Å². The van der Waals surface area contributed by atoms with Gasteiger partial charge in [-0.15, -0.1) is 8.78 Å². The van der Waals surface area contributed by atoms with Crippen molar-refractivity contribution in [2.75, 3.05) is 6.61 Å². The lowest BCUT2D eigenvalue weighted by Crippen LogP contribution is -2.24. The van der Waals surface area contributed by atoms with Crippen molar-refractivity contribution >= 4 is 49.8 Å². The largest absolute Gasteiger partial charge is 0.490 e. The number of alkyl halides is 4. The van der Waals surface area contributed by atoms with E-state index >= 15 is 0 Å². The normalized spacial score (nSPS) is 16.5. The molecule has 3 aromatic heterocycles. The predicted molar refractivity (Wildman–Crippen MR) is 139 cm³/mol. The molecule has 208 valence electrons. The van der Waals surface area contributed by atoms with Crippen LogP contribution in [0, 0.1) is 0 Å². The van der Waals surface area contributed by atoms with E-state index in [0.717, 1.165) is 6.07 Å². The fourth-order valence-corrected chi connectivity index (χ4v) is 5.71. The smallest absolute Gasteiger partial charge is 0.488 e. The number of fused-ring (bicyclic) bond motifs is 2. The Morgan fingerprint density at radius 3 is 2.70 bits per heavy atom. The Bertz CT molecular complexity index is 1740. The molecule has 4 heterocycles. The summed E-state index contributed by atoms with van der Waals surface area (Å²) in [7, 11) is -4.40. The molecule has 1 amide bonds. The molecule has 1 aliphatic heterocycles. The molecule has 4 aromatic rings. The second-order valence-corrected chi connectivity index (χ2v) is 11.4. The van der Waals surface area contributed by atoms with Gasteiger partial charge in [0.1, 0.15) is 4.90 Å². The fourth-order valence-electron chi connectivity index (χ4n) is 3.90. The van der Waals surface area contributed by atoms with Crippen molar-refractivity contribution in [1.82, 2.24) is 20.3 Å². The van der Waals surface area contributed by atoms with Crippen LogP contribution in [0.15, 0.2) is 59.6 Å². The Balaban J connectivity index is 1.36. The number of aromatic nitrogens is 3. The lowest BCUT2D eigenvalue weighted by molar-refractivity contribution is -0.0990. The minimum absolute atomic E-state index is 0.0727. The van der Waals surface area contributed by atoms with E-state index < -0.39 is 37.6 Å². The summed E-state index contributed by atoms with van der Waals surface area (Å²) in [4.78, 5) is 25.1. The first-order chi connectivity index (χ1) is 18.9. The van der Waals surface area contributed by atoms with Crippen molar-refractivity contribution in [3.05, 3.63) is 71.0 Å². The molecule has 0 saturated heterocycles. The van der Waals surface area contributed by atoms with Crippen molar-refractivity contribution in [1.29, 1.82) is 0 Å². The molecule has 0 saturated carbocycles. The van der Waals surface area contributed by atoms with Crippen LogP contribution in [-0.2, 0) is 16.4 Å². The van der Waals surface area contributed by atoms with Gasteiger partial charge in [0.05, 0.1) is 40.8 Å². The molecule has 0 radical (unpaired) electrons. The number of halogens is 5. The molecule has 15 heteroatoms. The van der Waals surface area contributed by atoms with Crippen LogP contribution < -0.4 is 14.8 Å². The van der Waals surface area contributed by atoms with Crippen molar-refractivity contribution in [3.63, 3.8) is 0 Å².